The number of ether oxygens (including phenoxy) is 2. The third-order valence-corrected chi connectivity index (χ3v) is 3.12. The first-order chi connectivity index (χ1) is 6.94. The molecule has 2 heteroatoms. The van der Waals surface area contributed by atoms with Crippen LogP contribution in [0.2, 0.25) is 0 Å². The molecule has 84 valence electrons. The lowest BCUT2D eigenvalue weighted by molar-refractivity contribution is 0.0186. The second-order valence-corrected chi connectivity index (χ2v) is 4.28. The zero-order valence-electron chi connectivity index (χ0n) is 10.5. The smallest absolute Gasteiger partial charge is 0.122 e. The maximum Gasteiger partial charge on any atom is 0.122 e. The molecule has 0 radical (unpaired) electrons. The van der Waals surface area contributed by atoms with E-state index in [0.717, 1.165) is 5.75 Å². The van der Waals surface area contributed by atoms with E-state index in [1.807, 2.05) is 6.07 Å². The van der Waals surface area contributed by atoms with Crippen LogP contribution in [0.3, 0.4) is 0 Å². The first-order valence-electron chi connectivity index (χ1n) is 5.14. The number of hydrogen-bond donors (Lipinski definition) is 0. The number of methoxy groups -OCH3 is 2. The summed E-state index contributed by atoms with van der Waals surface area (Å²) in [6.07, 6.45) is 0. The summed E-state index contributed by atoms with van der Waals surface area (Å²) in [5.41, 5.74) is 3.38. The summed E-state index contributed by atoms with van der Waals surface area (Å²) >= 11 is 0. The summed E-state index contributed by atoms with van der Waals surface area (Å²) in [7, 11) is 3.43. The first kappa shape index (κ1) is 12.1. The first-order valence-corrected chi connectivity index (χ1v) is 5.14. The monoisotopic (exact) mass is 208 g/mol. The van der Waals surface area contributed by atoms with Crippen molar-refractivity contribution < 1.29 is 9.47 Å². The molecule has 2 nitrogen and oxygen atoms in total. The Morgan fingerprint density at radius 3 is 2.07 bits per heavy atom. The lowest BCUT2D eigenvalue weighted by Crippen LogP contribution is -2.21. The van der Waals surface area contributed by atoms with Crippen molar-refractivity contribution in [3.63, 3.8) is 0 Å². The zero-order valence-corrected chi connectivity index (χ0v) is 10.5. The van der Waals surface area contributed by atoms with Crippen LogP contribution in [0.5, 0.6) is 5.75 Å². The van der Waals surface area contributed by atoms with Crippen molar-refractivity contribution in [3.05, 3.63) is 28.8 Å². The Balaban J connectivity index is 3.29. The van der Waals surface area contributed by atoms with E-state index < -0.39 is 0 Å². The van der Waals surface area contributed by atoms with Gasteiger partial charge in [0, 0.05) is 7.11 Å². The predicted octanol–water partition coefficient (Wildman–Crippen LogP) is 3.19. The van der Waals surface area contributed by atoms with Crippen LogP contribution in [0.15, 0.2) is 12.1 Å². The van der Waals surface area contributed by atoms with Crippen molar-refractivity contribution in [2.24, 2.45) is 0 Å². The summed E-state index contributed by atoms with van der Waals surface area (Å²) in [5, 5.41) is 0. The Bertz CT molecular complexity index is 354. The summed E-state index contributed by atoms with van der Waals surface area (Å²) in [4.78, 5) is 0. The van der Waals surface area contributed by atoms with E-state index in [1.165, 1.54) is 16.7 Å². The quantitative estimate of drug-likeness (QED) is 0.759. The fraction of sp³-hybridized carbons (Fsp3) is 0.538. The Morgan fingerprint density at radius 1 is 1.00 bits per heavy atom. The minimum Gasteiger partial charge on any atom is -0.496 e. The molecule has 0 heterocycles. The molecule has 0 fully saturated rings. The molecular weight excluding hydrogens is 188 g/mol. The molecular formula is C13H20O2. The summed E-state index contributed by atoms with van der Waals surface area (Å²) in [5.74, 6) is 0.933. The number of rotatable bonds is 3. The highest BCUT2D eigenvalue weighted by Gasteiger charge is 2.23. The molecule has 0 bridgehead atoms. The molecule has 15 heavy (non-hydrogen) atoms. The Morgan fingerprint density at radius 2 is 1.60 bits per heavy atom. The molecule has 0 aliphatic heterocycles. The van der Waals surface area contributed by atoms with Crippen molar-refractivity contribution in [3.8, 4) is 5.75 Å². The average Bonchev–Trinajstić information content (AvgIpc) is 2.21. The molecule has 1 aromatic rings. The van der Waals surface area contributed by atoms with Gasteiger partial charge in [0.25, 0.3) is 0 Å². The van der Waals surface area contributed by atoms with E-state index in [1.54, 1.807) is 14.2 Å². The van der Waals surface area contributed by atoms with E-state index in [4.69, 9.17) is 9.47 Å². The van der Waals surface area contributed by atoms with Crippen molar-refractivity contribution in [2.45, 2.75) is 33.3 Å². The number of benzene rings is 1. The van der Waals surface area contributed by atoms with Crippen molar-refractivity contribution in [2.75, 3.05) is 14.2 Å². The van der Waals surface area contributed by atoms with Crippen LogP contribution in [0.4, 0.5) is 0 Å². The van der Waals surface area contributed by atoms with Gasteiger partial charge in [0.05, 0.1) is 12.7 Å². The standard InChI is InChI=1S/C13H20O2/c1-9-10(2)12(14-5)8-7-11(9)13(3,4)15-6/h7-8H,1-6H3. The van der Waals surface area contributed by atoms with E-state index in [-0.39, 0.29) is 5.60 Å². The van der Waals surface area contributed by atoms with E-state index in [9.17, 15) is 0 Å². The molecule has 0 saturated heterocycles. The van der Waals surface area contributed by atoms with Crippen LogP contribution in [0.25, 0.3) is 0 Å². The minimum absolute atomic E-state index is 0.249. The van der Waals surface area contributed by atoms with E-state index >= 15 is 0 Å². The highest BCUT2D eigenvalue weighted by molar-refractivity contribution is 5.45. The highest BCUT2D eigenvalue weighted by atomic mass is 16.5. The molecule has 0 atom stereocenters. The number of hydrogen-bond acceptors (Lipinski definition) is 2. The van der Waals surface area contributed by atoms with Crippen LogP contribution in [0.1, 0.15) is 30.5 Å². The van der Waals surface area contributed by atoms with Gasteiger partial charge in [0.2, 0.25) is 0 Å². The molecule has 0 saturated carbocycles. The fourth-order valence-electron chi connectivity index (χ4n) is 1.78. The molecule has 1 rings (SSSR count). The molecule has 0 N–H and O–H groups in total. The average molecular weight is 208 g/mol. The zero-order chi connectivity index (χ0) is 11.6. The molecule has 0 aliphatic rings. The molecule has 0 unspecified atom stereocenters. The van der Waals surface area contributed by atoms with Gasteiger partial charge in [-0.05, 0) is 50.5 Å². The van der Waals surface area contributed by atoms with Crippen molar-refractivity contribution >= 4 is 0 Å². The van der Waals surface area contributed by atoms with E-state index in [2.05, 4.69) is 33.8 Å². The van der Waals surface area contributed by atoms with Gasteiger partial charge < -0.3 is 9.47 Å². The SMILES string of the molecule is COc1ccc(C(C)(C)OC)c(C)c1C. The predicted molar refractivity (Wildman–Crippen MR) is 62.5 cm³/mol. The summed E-state index contributed by atoms with van der Waals surface area (Å²) in [6.45, 7) is 8.32. The highest BCUT2D eigenvalue weighted by Crippen LogP contribution is 2.32. The van der Waals surface area contributed by atoms with Crippen molar-refractivity contribution in [1.82, 2.24) is 0 Å². The van der Waals surface area contributed by atoms with Crippen LogP contribution in [-0.2, 0) is 10.3 Å². The van der Waals surface area contributed by atoms with Gasteiger partial charge in [-0.25, -0.2) is 0 Å². The normalized spacial score (nSPS) is 11.6. The molecule has 0 aromatic heterocycles. The van der Waals surface area contributed by atoms with Crippen LogP contribution < -0.4 is 4.74 Å². The van der Waals surface area contributed by atoms with Gasteiger partial charge in [-0.15, -0.1) is 0 Å². The second kappa shape index (κ2) is 4.23. The van der Waals surface area contributed by atoms with Gasteiger partial charge in [0.1, 0.15) is 5.75 Å². The van der Waals surface area contributed by atoms with Gasteiger partial charge in [0.15, 0.2) is 0 Å². The summed E-state index contributed by atoms with van der Waals surface area (Å²) < 4.78 is 10.8. The van der Waals surface area contributed by atoms with Crippen LogP contribution in [-0.4, -0.2) is 14.2 Å². The Labute approximate surface area is 92.2 Å². The van der Waals surface area contributed by atoms with Crippen LogP contribution in [0, 0.1) is 13.8 Å². The Hall–Kier alpha value is -1.02. The van der Waals surface area contributed by atoms with Crippen LogP contribution >= 0.6 is 0 Å². The fourth-order valence-corrected chi connectivity index (χ4v) is 1.78. The largest absolute Gasteiger partial charge is 0.496 e. The molecule has 1 aromatic carbocycles. The van der Waals surface area contributed by atoms with Gasteiger partial charge >= 0.3 is 0 Å². The Kier molecular flexibility index (Phi) is 3.40. The second-order valence-electron chi connectivity index (χ2n) is 4.28. The van der Waals surface area contributed by atoms with E-state index in [0.29, 0.717) is 0 Å². The molecule has 0 spiro atoms. The van der Waals surface area contributed by atoms with Gasteiger partial charge in [-0.3, -0.25) is 0 Å². The molecule has 0 amide bonds. The third kappa shape index (κ3) is 2.15. The topological polar surface area (TPSA) is 18.5 Å². The van der Waals surface area contributed by atoms with Gasteiger partial charge in [-0.1, -0.05) is 6.07 Å². The summed E-state index contributed by atoms with van der Waals surface area (Å²) in [6, 6.07) is 4.07. The van der Waals surface area contributed by atoms with Gasteiger partial charge in [-0.2, -0.15) is 0 Å². The maximum atomic E-state index is 5.49. The lowest BCUT2D eigenvalue weighted by Gasteiger charge is -2.26. The minimum atomic E-state index is -0.249. The maximum absolute atomic E-state index is 5.49. The molecule has 0 aliphatic carbocycles. The third-order valence-electron chi connectivity index (χ3n) is 3.12. The van der Waals surface area contributed by atoms with Crippen molar-refractivity contribution in [1.29, 1.82) is 0 Å². The lowest BCUT2D eigenvalue weighted by atomic mass is 9.90.